The quantitative estimate of drug-likeness (QED) is 0.475. The summed E-state index contributed by atoms with van der Waals surface area (Å²) in [5.74, 6) is -0.473. The second-order valence-electron chi connectivity index (χ2n) is 6.88. The summed E-state index contributed by atoms with van der Waals surface area (Å²) in [7, 11) is -3.63. The Morgan fingerprint density at radius 1 is 1.18 bits per heavy atom. The maximum absolute atomic E-state index is 12.8. The lowest BCUT2D eigenvalue weighted by molar-refractivity contribution is -0.131. The minimum atomic E-state index is -3.63. The Morgan fingerprint density at radius 2 is 1.93 bits per heavy atom. The second-order valence-corrected chi connectivity index (χ2v) is 9.84. The zero-order valence-corrected chi connectivity index (χ0v) is 17.7. The summed E-state index contributed by atoms with van der Waals surface area (Å²) >= 11 is 2.14. The molecule has 8 heteroatoms. The Hall–Kier alpha value is -1.91. The number of para-hydroxylation sites is 1. The molecule has 146 valence electrons. The van der Waals surface area contributed by atoms with Gasteiger partial charge in [0.15, 0.2) is 0 Å². The molecule has 3 atom stereocenters. The molecule has 0 amide bonds. The number of halogens is 1. The van der Waals surface area contributed by atoms with E-state index in [1.807, 2.05) is 12.1 Å². The van der Waals surface area contributed by atoms with Crippen molar-refractivity contribution in [2.75, 3.05) is 0 Å². The number of rotatable bonds is 5. The van der Waals surface area contributed by atoms with Crippen LogP contribution in [0.1, 0.15) is 29.9 Å². The number of carboxylic acids is 1. The molecule has 2 aromatic rings. The van der Waals surface area contributed by atoms with E-state index in [0.717, 1.165) is 21.6 Å². The summed E-state index contributed by atoms with van der Waals surface area (Å²) in [6.07, 6.45) is 3.89. The molecule has 1 saturated carbocycles. The molecule has 2 aromatic carbocycles. The van der Waals surface area contributed by atoms with Crippen LogP contribution in [0.3, 0.4) is 0 Å². The third-order valence-electron chi connectivity index (χ3n) is 5.14. The van der Waals surface area contributed by atoms with Crippen LogP contribution in [0, 0.1) is 3.57 Å². The number of aliphatic carboxylic acids is 1. The monoisotopic (exact) mass is 511 g/mol. The molecule has 0 spiro atoms. The largest absolute Gasteiger partial charge is 0.489 e. The molecule has 0 aromatic heterocycles. The van der Waals surface area contributed by atoms with E-state index >= 15 is 0 Å². The summed E-state index contributed by atoms with van der Waals surface area (Å²) in [6, 6.07) is 12.0. The normalized spacial score (nSPS) is 23.4. The molecule has 1 heterocycles. The highest BCUT2D eigenvalue weighted by atomic mass is 127. The van der Waals surface area contributed by atoms with E-state index < -0.39 is 16.0 Å². The summed E-state index contributed by atoms with van der Waals surface area (Å²) in [6.45, 7) is 0. The van der Waals surface area contributed by atoms with Gasteiger partial charge in [0.2, 0.25) is 10.0 Å². The van der Waals surface area contributed by atoms with Crippen molar-refractivity contribution in [2.24, 2.45) is 0 Å². The molecule has 28 heavy (non-hydrogen) atoms. The standard InChI is InChI=1S/C20H18INO5S/c21-13-5-7-14(8-6-13)28(25,26)22-16-9-10-17-19(16)15-3-1-2-12(20(15)27-17)4-11-18(23)24/h1-8,11,16-17,19,22H,9-10H2,(H,23,24). The van der Waals surface area contributed by atoms with Crippen molar-refractivity contribution in [1.82, 2.24) is 4.72 Å². The van der Waals surface area contributed by atoms with Crippen LogP contribution in [0.5, 0.6) is 5.75 Å². The van der Waals surface area contributed by atoms with Gasteiger partial charge >= 0.3 is 5.97 Å². The number of sulfonamides is 1. The van der Waals surface area contributed by atoms with Crippen molar-refractivity contribution in [3.8, 4) is 5.75 Å². The molecule has 2 aliphatic rings. The third kappa shape index (κ3) is 3.68. The van der Waals surface area contributed by atoms with E-state index in [0.29, 0.717) is 17.7 Å². The van der Waals surface area contributed by atoms with Crippen molar-refractivity contribution < 1.29 is 23.1 Å². The fraction of sp³-hybridized carbons (Fsp3) is 0.250. The zero-order valence-electron chi connectivity index (χ0n) is 14.7. The highest BCUT2D eigenvalue weighted by Crippen LogP contribution is 2.49. The average molecular weight is 511 g/mol. The Balaban J connectivity index is 1.62. The molecule has 3 unspecified atom stereocenters. The van der Waals surface area contributed by atoms with Crippen molar-refractivity contribution in [3.63, 3.8) is 0 Å². The first-order valence-corrected chi connectivity index (χ1v) is 11.4. The maximum atomic E-state index is 12.8. The van der Waals surface area contributed by atoms with E-state index in [9.17, 15) is 13.2 Å². The van der Waals surface area contributed by atoms with Crippen molar-refractivity contribution in [3.05, 3.63) is 63.2 Å². The fourth-order valence-electron chi connectivity index (χ4n) is 3.94. The van der Waals surface area contributed by atoms with Crippen molar-refractivity contribution in [2.45, 2.75) is 35.8 Å². The van der Waals surface area contributed by atoms with Gasteiger partial charge in [-0.05, 0) is 65.8 Å². The van der Waals surface area contributed by atoms with Gasteiger partial charge in [-0.25, -0.2) is 17.9 Å². The van der Waals surface area contributed by atoms with Crippen LogP contribution >= 0.6 is 22.6 Å². The highest BCUT2D eigenvalue weighted by molar-refractivity contribution is 14.1. The number of fused-ring (bicyclic) bond motifs is 3. The van der Waals surface area contributed by atoms with Gasteiger partial charge in [-0.1, -0.05) is 18.2 Å². The summed E-state index contributed by atoms with van der Waals surface area (Å²) in [5, 5.41) is 8.87. The number of benzene rings is 2. The van der Waals surface area contributed by atoms with Gasteiger partial charge in [-0.3, -0.25) is 0 Å². The Morgan fingerprint density at radius 3 is 2.64 bits per heavy atom. The molecule has 0 saturated heterocycles. The third-order valence-corrected chi connectivity index (χ3v) is 7.36. The minimum Gasteiger partial charge on any atom is -0.489 e. The molecule has 0 radical (unpaired) electrons. The van der Waals surface area contributed by atoms with Crippen LogP contribution in [0.15, 0.2) is 53.4 Å². The Bertz CT molecular complexity index is 1050. The number of carboxylic acid groups (broad SMARTS) is 1. The van der Waals surface area contributed by atoms with Gasteiger partial charge in [0.25, 0.3) is 0 Å². The van der Waals surface area contributed by atoms with E-state index in [1.165, 1.54) is 6.08 Å². The number of nitrogens with one attached hydrogen (secondary N) is 1. The van der Waals surface area contributed by atoms with Gasteiger partial charge in [0, 0.05) is 32.7 Å². The van der Waals surface area contributed by atoms with Crippen LogP contribution in [0.25, 0.3) is 6.08 Å². The van der Waals surface area contributed by atoms with Gasteiger partial charge in [0.1, 0.15) is 11.9 Å². The molecule has 6 nitrogen and oxygen atoms in total. The predicted octanol–water partition coefficient (Wildman–Crippen LogP) is 3.37. The molecular weight excluding hydrogens is 493 g/mol. The van der Waals surface area contributed by atoms with Gasteiger partial charge in [0.05, 0.1) is 4.90 Å². The highest BCUT2D eigenvalue weighted by Gasteiger charge is 2.46. The number of hydrogen-bond donors (Lipinski definition) is 2. The maximum Gasteiger partial charge on any atom is 0.328 e. The van der Waals surface area contributed by atoms with Gasteiger partial charge in [-0.2, -0.15) is 0 Å². The van der Waals surface area contributed by atoms with Gasteiger partial charge < -0.3 is 9.84 Å². The number of ether oxygens (including phenoxy) is 1. The van der Waals surface area contributed by atoms with E-state index in [1.54, 1.807) is 30.3 Å². The van der Waals surface area contributed by atoms with Crippen LogP contribution in [0.4, 0.5) is 0 Å². The number of carbonyl (C=O) groups is 1. The second kappa shape index (κ2) is 7.49. The molecule has 1 aliphatic heterocycles. The van der Waals surface area contributed by atoms with Crippen molar-refractivity contribution >= 4 is 44.7 Å². The lowest BCUT2D eigenvalue weighted by atomic mass is 9.93. The first-order chi connectivity index (χ1) is 13.3. The Kier molecular flexibility index (Phi) is 5.19. The van der Waals surface area contributed by atoms with Crippen LogP contribution in [-0.2, 0) is 14.8 Å². The molecule has 4 rings (SSSR count). The van der Waals surface area contributed by atoms with Crippen LogP contribution < -0.4 is 9.46 Å². The molecular formula is C20H18INO5S. The van der Waals surface area contributed by atoms with E-state index in [4.69, 9.17) is 9.84 Å². The molecule has 2 N–H and O–H groups in total. The summed E-state index contributed by atoms with van der Waals surface area (Å²) < 4.78 is 35.5. The van der Waals surface area contributed by atoms with Gasteiger partial charge in [-0.15, -0.1) is 0 Å². The summed E-state index contributed by atoms with van der Waals surface area (Å²) in [5.41, 5.74) is 1.61. The van der Waals surface area contributed by atoms with Crippen LogP contribution in [0.2, 0.25) is 0 Å². The topological polar surface area (TPSA) is 92.7 Å². The SMILES string of the molecule is O=C(O)C=Cc1cccc2c1OC1CCC(NS(=O)(=O)c3ccc(I)cc3)C21. The Labute approximate surface area is 176 Å². The lowest BCUT2D eigenvalue weighted by Crippen LogP contribution is -2.37. The minimum absolute atomic E-state index is 0.0909. The molecule has 0 bridgehead atoms. The first kappa shape index (κ1) is 19.4. The fourth-order valence-corrected chi connectivity index (χ4v) is 5.59. The molecule has 1 fully saturated rings. The van der Waals surface area contributed by atoms with Crippen LogP contribution in [-0.4, -0.2) is 31.6 Å². The van der Waals surface area contributed by atoms with E-state index in [-0.39, 0.29) is 23.0 Å². The summed E-state index contributed by atoms with van der Waals surface area (Å²) in [4.78, 5) is 11.1. The molecule has 1 aliphatic carbocycles. The smallest absolute Gasteiger partial charge is 0.328 e. The average Bonchev–Trinajstić information content (AvgIpc) is 3.20. The van der Waals surface area contributed by atoms with E-state index in [2.05, 4.69) is 27.3 Å². The zero-order chi connectivity index (χ0) is 19.9. The first-order valence-electron chi connectivity index (χ1n) is 8.83. The lowest BCUT2D eigenvalue weighted by Gasteiger charge is -2.19. The number of hydrogen-bond acceptors (Lipinski definition) is 4. The van der Waals surface area contributed by atoms with Crippen molar-refractivity contribution in [1.29, 1.82) is 0 Å². The predicted molar refractivity (Wildman–Crippen MR) is 113 cm³/mol.